The van der Waals surface area contributed by atoms with Gasteiger partial charge in [-0.25, -0.2) is 0 Å². The number of anilines is 1. The quantitative estimate of drug-likeness (QED) is 0.417. The Balaban J connectivity index is 2.11. The third-order valence-corrected chi connectivity index (χ3v) is 4.90. The van der Waals surface area contributed by atoms with E-state index in [1.165, 1.54) is 5.56 Å². The molecular weight excluding hydrogens is 392 g/mol. The molecule has 0 aromatic heterocycles. The maximum atomic E-state index is 6.07. The van der Waals surface area contributed by atoms with Crippen LogP contribution in [0.3, 0.4) is 0 Å². The van der Waals surface area contributed by atoms with E-state index in [4.69, 9.17) is 33.3 Å². The van der Waals surface area contributed by atoms with Crippen molar-refractivity contribution in [3.8, 4) is 0 Å². The van der Waals surface area contributed by atoms with Gasteiger partial charge < -0.3 is 19.7 Å². The van der Waals surface area contributed by atoms with Crippen LogP contribution >= 0.6 is 23.8 Å². The first-order chi connectivity index (χ1) is 13.5. The molecule has 0 spiro atoms. The average Bonchev–Trinajstić information content (AvgIpc) is 2.68. The molecule has 0 saturated heterocycles. The van der Waals surface area contributed by atoms with Gasteiger partial charge in [0.25, 0.3) is 0 Å². The van der Waals surface area contributed by atoms with Crippen molar-refractivity contribution >= 4 is 34.6 Å². The topological polar surface area (TPSA) is 33.7 Å². The lowest BCUT2D eigenvalue weighted by Crippen LogP contribution is -2.43. The number of benzene rings is 2. The van der Waals surface area contributed by atoms with Crippen LogP contribution < -0.4 is 5.32 Å². The van der Waals surface area contributed by atoms with E-state index in [0.717, 1.165) is 24.2 Å². The van der Waals surface area contributed by atoms with Crippen LogP contribution in [0.15, 0.2) is 48.5 Å². The largest absolute Gasteiger partial charge is 0.351 e. The van der Waals surface area contributed by atoms with E-state index < -0.39 is 0 Å². The molecule has 0 amide bonds. The molecule has 0 atom stereocenters. The lowest BCUT2D eigenvalue weighted by molar-refractivity contribution is -0.141. The smallest absolute Gasteiger partial charge is 0.174 e. The molecule has 2 aromatic rings. The second kappa shape index (κ2) is 12.0. The van der Waals surface area contributed by atoms with Crippen molar-refractivity contribution in [2.75, 3.05) is 31.6 Å². The van der Waals surface area contributed by atoms with Gasteiger partial charge in [0, 0.05) is 30.5 Å². The van der Waals surface area contributed by atoms with Gasteiger partial charge in [-0.3, -0.25) is 0 Å². The summed E-state index contributed by atoms with van der Waals surface area (Å²) in [5.41, 5.74) is 3.26. The van der Waals surface area contributed by atoms with Gasteiger partial charge in [-0.05, 0) is 68.7 Å². The van der Waals surface area contributed by atoms with E-state index in [1.807, 2.05) is 45.0 Å². The lowest BCUT2D eigenvalue weighted by Gasteiger charge is -2.30. The molecule has 0 bridgehead atoms. The van der Waals surface area contributed by atoms with Crippen LogP contribution in [0.25, 0.3) is 0 Å². The fourth-order valence-electron chi connectivity index (χ4n) is 2.85. The van der Waals surface area contributed by atoms with Gasteiger partial charge in [0.1, 0.15) is 0 Å². The SMILES string of the molecule is CCOC(CN(CCc1ccccc1)C(=S)Nc1ccc(Cl)cc1C)OCC. The first-order valence-corrected chi connectivity index (χ1v) is 10.4. The van der Waals surface area contributed by atoms with Crippen molar-refractivity contribution in [1.29, 1.82) is 0 Å². The number of thiocarbonyl (C=S) groups is 1. The first-order valence-electron chi connectivity index (χ1n) is 9.62. The Morgan fingerprint density at radius 3 is 2.39 bits per heavy atom. The number of rotatable bonds is 10. The maximum absolute atomic E-state index is 6.07. The van der Waals surface area contributed by atoms with Crippen LogP contribution in [-0.4, -0.2) is 42.6 Å². The van der Waals surface area contributed by atoms with E-state index in [2.05, 4.69) is 34.5 Å². The van der Waals surface area contributed by atoms with Crippen LogP contribution in [-0.2, 0) is 15.9 Å². The van der Waals surface area contributed by atoms with Gasteiger partial charge in [0.05, 0.1) is 6.54 Å². The molecule has 2 rings (SSSR count). The van der Waals surface area contributed by atoms with Gasteiger partial charge in [-0.2, -0.15) is 0 Å². The monoisotopic (exact) mass is 420 g/mol. The molecule has 0 aliphatic rings. The predicted octanol–water partition coefficient (Wildman–Crippen LogP) is 5.29. The maximum Gasteiger partial charge on any atom is 0.174 e. The minimum atomic E-state index is -0.322. The fraction of sp³-hybridized carbons (Fsp3) is 0.409. The molecule has 2 aromatic carbocycles. The summed E-state index contributed by atoms with van der Waals surface area (Å²) in [6.45, 7) is 8.45. The van der Waals surface area contributed by atoms with E-state index in [1.54, 1.807) is 0 Å². The predicted molar refractivity (Wildman–Crippen MR) is 121 cm³/mol. The van der Waals surface area contributed by atoms with E-state index in [9.17, 15) is 0 Å². The molecule has 0 fully saturated rings. The molecule has 0 heterocycles. The van der Waals surface area contributed by atoms with E-state index in [0.29, 0.717) is 29.9 Å². The van der Waals surface area contributed by atoms with E-state index >= 15 is 0 Å². The van der Waals surface area contributed by atoms with Crippen molar-refractivity contribution in [3.05, 3.63) is 64.7 Å². The summed E-state index contributed by atoms with van der Waals surface area (Å²) < 4.78 is 11.5. The molecule has 6 heteroatoms. The summed E-state index contributed by atoms with van der Waals surface area (Å²) in [6, 6.07) is 16.1. The van der Waals surface area contributed by atoms with Crippen LogP contribution in [0.1, 0.15) is 25.0 Å². The highest BCUT2D eigenvalue weighted by Crippen LogP contribution is 2.20. The Bertz CT molecular complexity index is 737. The highest BCUT2D eigenvalue weighted by Gasteiger charge is 2.18. The van der Waals surface area contributed by atoms with Gasteiger partial charge >= 0.3 is 0 Å². The zero-order chi connectivity index (χ0) is 20.4. The molecule has 4 nitrogen and oxygen atoms in total. The summed E-state index contributed by atoms with van der Waals surface area (Å²) in [5.74, 6) is 0. The lowest BCUT2D eigenvalue weighted by atomic mass is 10.1. The third-order valence-electron chi connectivity index (χ3n) is 4.31. The number of halogens is 1. The average molecular weight is 421 g/mol. The Labute approximate surface area is 178 Å². The van der Waals surface area contributed by atoms with Crippen molar-refractivity contribution in [2.45, 2.75) is 33.5 Å². The summed E-state index contributed by atoms with van der Waals surface area (Å²) in [5, 5.41) is 4.71. The molecule has 0 radical (unpaired) electrons. The fourth-order valence-corrected chi connectivity index (χ4v) is 3.35. The number of nitrogens with one attached hydrogen (secondary N) is 1. The van der Waals surface area contributed by atoms with Gasteiger partial charge in [-0.15, -0.1) is 0 Å². The van der Waals surface area contributed by atoms with Crippen LogP contribution in [0.4, 0.5) is 5.69 Å². The Hall–Kier alpha value is -1.66. The minimum Gasteiger partial charge on any atom is -0.351 e. The number of hydrogen-bond donors (Lipinski definition) is 1. The normalized spacial score (nSPS) is 10.9. The van der Waals surface area contributed by atoms with Crippen LogP contribution in [0.5, 0.6) is 0 Å². The van der Waals surface area contributed by atoms with Crippen molar-refractivity contribution in [3.63, 3.8) is 0 Å². The minimum absolute atomic E-state index is 0.322. The standard InChI is InChI=1S/C22H29ClN2O2S/c1-4-26-21(27-5-2)16-25(14-13-18-9-7-6-8-10-18)22(28)24-20-12-11-19(23)15-17(20)3/h6-12,15,21H,4-5,13-14,16H2,1-3H3,(H,24,28). The summed E-state index contributed by atoms with van der Waals surface area (Å²) in [7, 11) is 0. The molecule has 0 aliphatic carbocycles. The number of hydrogen-bond acceptors (Lipinski definition) is 3. The number of nitrogens with zero attached hydrogens (tertiary/aromatic N) is 1. The van der Waals surface area contributed by atoms with E-state index in [-0.39, 0.29) is 6.29 Å². The molecule has 0 saturated carbocycles. The van der Waals surface area contributed by atoms with Crippen molar-refractivity contribution in [1.82, 2.24) is 4.90 Å². The van der Waals surface area contributed by atoms with Gasteiger partial charge in [-0.1, -0.05) is 41.9 Å². The zero-order valence-corrected chi connectivity index (χ0v) is 18.4. The summed E-state index contributed by atoms with van der Waals surface area (Å²) in [4.78, 5) is 2.10. The highest BCUT2D eigenvalue weighted by atomic mass is 35.5. The summed E-state index contributed by atoms with van der Waals surface area (Å²) in [6.07, 6.45) is 0.560. The Morgan fingerprint density at radius 2 is 1.79 bits per heavy atom. The number of ether oxygens (including phenoxy) is 2. The van der Waals surface area contributed by atoms with Crippen molar-refractivity contribution in [2.24, 2.45) is 0 Å². The first kappa shape index (κ1) is 22.6. The van der Waals surface area contributed by atoms with Crippen molar-refractivity contribution < 1.29 is 9.47 Å². The zero-order valence-electron chi connectivity index (χ0n) is 16.8. The van der Waals surface area contributed by atoms with Crippen LogP contribution in [0, 0.1) is 6.92 Å². The second-order valence-electron chi connectivity index (χ2n) is 6.41. The Kier molecular flexibility index (Phi) is 9.71. The molecule has 1 N–H and O–H groups in total. The summed E-state index contributed by atoms with van der Waals surface area (Å²) >= 11 is 11.8. The highest BCUT2D eigenvalue weighted by molar-refractivity contribution is 7.80. The van der Waals surface area contributed by atoms with Crippen LogP contribution in [0.2, 0.25) is 5.02 Å². The molecule has 28 heavy (non-hydrogen) atoms. The number of aryl methyl sites for hydroxylation is 1. The molecule has 0 aliphatic heterocycles. The third kappa shape index (κ3) is 7.40. The van der Waals surface area contributed by atoms with Gasteiger partial charge in [0.15, 0.2) is 11.4 Å². The Morgan fingerprint density at radius 1 is 1.11 bits per heavy atom. The van der Waals surface area contributed by atoms with Gasteiger partial charge in [0.2, 0.25) is 0 Å². The molecule has 0 unspecified atom stereocenters. The molecular formula is C22H29ClN2O2S. The second-order valence-corrected chi connectivity index (χ2v) is 7.23. The molecule has 152 valence electrons.